The molecule has 0 amide bonds. The number of aryl methyl sites for hydroxylation is 1. The standard InChI is InChI=1S/C27H31FN8O/c1-3-36-19-22(26(33-36)20-5-4-9-29-18-20)24-8-10-30-27(32-24)31-21-6-7-25(23(28)17-21)35-13-11-34(12-14-35)15-16-37-2/h4-10,17-19H,3,11-16H2,1-2H3,(H,30,31,32). The summed E-state index contributed by atoms with van der Waals surface area (Å²) in [5.41, 5.74) is 4.52. The van der Waals surface area contributed by atoms with Crippen molar-refractivity contribution in [3.05, 3.63) is 67.0 Å². The third-order valence-electron chi connectivity index (χ3n) is 6.48. The predicted octanol–water partition coefficient (Wildman–Crippen LogP) is 4.07. The van der Waals surface area contributed by atoms with Gasteiger partial charge in [0.05, 0.1) is 18.0 Å². The SMILES string of the molecule is CCn1cc(-c2ccnc(Nc3ccc(N4CCN(CCOC)CC4)c(F)c3)n2)c(-c2cccnc2)n1. The van der Waals surface area contributed by atoms with E-state index < -0.39 is 0 Å². The van der Waals surface area contributed by atoms with Gasteiger partial charge in [0.1, 0.15) is 11.5 Å². The molecule has 0 saturated carbocycles. The molecule has 0 spiro atoms. The Labute approximate surface area is 215 Å². The Morgan fingerprint density at radius 2 is 1.95 bits per heavy atom. The lowest BCUT2D eigenvalue weighted by Crippen LogP contribution is -2.47. The Morgan fingerprint density at radius 1 is 1.08 bits per heavy atom. The molecule has 4 heterocycles. The number of ether oxygens (including phenoxy) is 1. The van der Waals surface area contributed by atoms with Crippen molar-refractivity contribution in [1.29, 1.82) is 0 Å². The first-order chi connectivity index (χ1) is 18.1. The Morgan fingerprint density at radius 3 is 2.68 bits per heavy atom. The summed E-state index contributed by atoms with van der Waals surface area (Å²) >= 11 is 0. The van der Waals surface area contributed by atoms with Gasteiger partial charge in [0.25, 0.3) is 0 Å². The second-order valence-electron chi connectivity index (χ2n) is 8.87. The lowest BCUT2D eigenvalue weighted by atomic mass is 10.1. The van der Waals surface area contributed by atoms with E-state index in [1.54, 1.807) is 25.7 Å². The van der Waals surface area contributed by atoms with Crippen LogP contribution < -0.4 is 10.2 Å². The van der Waals surface area contributed by atoms with Crippen molar-refractivity contribution in [2.75, 3.05) is 56.7 Å². The fraction of sp³-hybridized carbons (Fsp3) is 0.333. The molecule has 1 aromatic carbocycles. The van der Waals surface area contributed by atoms with Crippen LogP contribution in [0.1, 0.15) is 6.92 Å². The van der Waals surface area contributed by atoms with E-state index in [2.05, 4.69) is 25.1 Å². The monoisotopic (exact) mass is 502 g/mol. The molecule has 192 valence electrons. The van der Waals surface area contributed by atoms with Crippen molar-refractivity contribution in [1.82, 2.24) is 29.6 Å². The average molecular weight is 503 g/mol. The summed E-state index contributed by atoms with van der Waals surface area (Å²) in [4.78, 5) is 17.7. The highest BCUT2D eigenvalue weighted by Gasteiger charge is 2.20. The molecule has 10 heteroatoms. The fourth-order valence-corrected chi connectivity index (χ4v) is 4.46. The van der Waals surface area contributed by atoms with Crippen LogP contribution in [0.2, 0.25) is 0 Å². The van der Waals surface area contributed by atoms with Gasteiger partial charge in [0.15, 0.2) is 0 Å². The highest BCUT2D eigenvalue weighted by atomic mass is 19.1. The molecule has 1 fully saturated rings. The van der Waals surface area contributed by atoms with Crippen LogP contribution in [0.3, 0.4) is 0 Å². The maximum atomic E-state index is 15.1. The van der Waals surface area contributed by atoms with Gasteiger partial charge in [-0.2, -0.15) is 5.10 Å². The molecular formula is C27H31FN8O. The zero-order chi connectivity index (χ0) is 25.6. The van der Waals surface area contributed by atoms with Gasteiger partial charge >= 0.3 is 0 Å². The number of hydrogen-bond donors (Lipinski definition) is 1. The number of rotatable bonds is 9. The second-order valence-corrected chi connectivity index (χ2v) is 8.87. The zero-order valence-electron chi connectivity index (χ0n) is 21.1. The molecule has 37 heavy (non-hydrogen) atoms. The maximum Gasteiger partial charge on any atom is 0.227 e. The first-order valence-corrected chi connectivity index (χ1v) is 12.5. The van der Waals surface area contributed by atoms with Crippen LogP contribution in [0.15, 0.2) is 61.2 Å². The number of pyridine rings is 1. The number of hydrogen-bond acceptors (Lipinski definition) is 8. The van der Waals surface area contributed by atoms with Gasteiger partial charge in [-0.05, 0) is 43.3 Å². The summed E-state index contributed by atoms with van der Waals surface area (Å²) in [5.74, 6) is 0.118. The number of aromatic nitrogens is 5. The van der Waals surface area contributed by atoms with Crippen LogP contribution in [-0.4, -0.2) is 76.1 Å². The molecule has 0 radical (unpaired) electrons. The van der Waals surface area contributed by atoms with Gasteiger partial charge in [-0.1, -0.05) is 0 Å². The lowest BCUT2D eigenvalue weighted by molar-refractivity contribution is 0.144. The van der Waals surface area contributed by atoms with Crippen LogP contribution in [-0.2, 0) is 11.3 Å². The van der Waals surface area contributed by atoms with Gasteiger partial charge in [0.2, 0.25) is 5.95 Å². The minimum Gasteiger partial charge on any atom is -0.383 e. The van der Waals surface area contributed by atoms with E-state index in [9.17, 15) is 0 Å². The number of halogens is 1. The molecule has 0 bridgehead atoms. The minimum absolute atomic E-state index is 0.269. The van der Waals surface area contributed by atoms with Crippen LogP contribution in [0.4, 0.5) is 21.7 Å². The minimum atomic E-state index is -0.269. The highest BCUT2D eigenvalue weighted by Crippen LogP contribution is 2.30. The molecule has 1 saturated heterocycles. The average Bonchev–Trinajstić information content (AvgIpc) is 3.38. The lowest BCUT2D eigenvalue weighted by Gasteiger charge is -2.36. The number of nitrogens with one attached hydrogen (secondary N) is 1. The normalized spacial score (nSPS) is 14.2. The molecule has 1 aliphatic rings. The summed E-state index contributed by atoms with van der Waals surface area (Å²) in [6.45, 7) is 7.72. The summed E-state index contributed by atoms with van der Waals surface area (Å²) in [7, 11) is 1.71. The van der Waals surface area contributed by atoms with Crippen molar-refractivity contribution < 1.29 is 9.13 Å². The second kappa shape index (κ2) is 11.4. The van der Waals surface area contributed by atoms with Gasteiger partial charge in [-0.25, -0.2) is 14.4 Å². The molecular weight excluding hydrogens is 471 g/mol. The van der Waals surface area contributed by atoms with E-state index in [1.807, 2.05) is 48.1 Å². The molecule has 0 unspecified atom stereocenters. The highest BCUT2D eigenvalue weighted by molar-refractivity contribution is 5.78. The molecule has 1 N–H and O–H groups in total. The Balaban J connectivity index is 1.32. The summed E-state index contributed by atoms with van der Waals surface area (Å²) in [6, 6.07) is 10.9. The van der Waals surface area contributed by atoms with Gasteiger partial charge in [0, 0.05) is 88.0 Å². The molecule has 3 aromatic heterocycles. The number of methoxy groups -OCH3 is 1. The van der Waals surface area contributed by atoms with Crippen LogP contribution in [0, 0.1) is 5.82 Å². The number of benzene rings is 1. The zero-order valence-corrected chi connectivity index (χ0v) is 21.1. The van der Waals surface area contributed by atoms with Crippen LogP contribution in [0.25, 0.3) is 22.5 Å². The molecule has 5 rings (SSSR count). The van der Waals surface area contributed by atoms with E-state index in [4.69, 9.17) is 14.8 Å². The van der Waals surface area contributed by atoms with E-state index in [1.165, 1.54) is 6.07 Å². The number of piperazine rings is 1. The van der Waals surface area contributed by atoms with Crippen molar-refractivity contribution in [3.8, 4) is 22.5 Å². The largest absolute Gasteiger partial charge is 0.383 e. The van der Waals surface area contributed by atoms with Crippen molar-refractivity contribution >= 4 is 17.3 Å². The van der Waals surface area contributed by atoms with Crippen LogP contribution >= 0.6 is 0 Å². The number of nitrogens with zero attached hydrogens (tertiary/aromatic N) is 7. The van der Waals surface area contributed by atoms with E-state index in [-0.39, 0.29) is 5.82 Å². The van der Waals surface area contributed by atoms with E-state index in [0.717, 1.165) is 61.8 Å². The molecule has 9 nitrogen and oxygen atoms in total. The third kappa shape index (κ3) is 5.76. The molecule has 0 aliphatic carbocycles. The molecule has 1 aliphatic heterocycles. The smallest absolute Gasteiger partial charge is 0.227 e. The Kier molecular flexibility index (Phi) is 7.67. The first-order valence-electron chi connectivity index (χ1n) is 12.5. The van der Waals surface area contributed by atoms with Crippen molar-refractivity contribution in [2.45, 2.75) is 13.5 Å². The molecule has 4 aromatic rings. The summed E-state index contributed by atoms with van der Waals surface area (Å²) < 4.78 is 22.1. The van der Waals surface area contributed by atoms with Crippen molar-refractivity contribution in [3.63, 3.8) is 0 Å². The predicted molar refractivity (Wildman–Crippen MR) is 142 cm³/mol. The Bertz CT molecular complexity index is 1320. The summed E-state index contributed by atoms with van der Waals surface area (Å²) in [6.07, 6.45) is 7.18. The maximum absolute atomic E-state index is 15.1. The third-order valence-corrected chi connectivity index (χ3v) is 6.48. The Hall–Kier alpha value is -3.89. The fourth-order valence-electron chi connectivity index (χ4n) is 4.46. The quantitative estimate of drug-likeness (QED) is 0.367. The molecule has 0 atom stereocenters. The van der Waals surface area contributed by atoms with Crippen molar-refractivity contribution in [2.24, 2.45) is 0 Å². The summed E-state index contributed by atoms with van der Waals surface area (Å²) in [5, 5.41) is 7.86. The topological polar surface area (TPSA) is 84.2 Å². The van der Waals surface area contributed by atoms with E-state index in [0.29, 0.717) is 23.9 Å². The van der Waals surface area contributed by atoms with E-state index >= 15 is 4.39 Å². The van der Waals surface area contributed by atoms with Gasteiger partial charge in [-0.15, -0.1) is 0 Å². The van der Waals surface area contributed by atoms with Crippen LogP contribution in [0.5, 0.6) is 0 Å². The van der Waals surface area contributed by atoms with Gasteiger partial charge in [-0.3, -0.25) is 14.6 Å². The first kappa shape index (κ1) is 24.8. The number of anilines is 3. The van der Waals surface area contributed by atoms with Gasteiger partial charge < -0.3 is 15.0 Å².